The van der Waals surface area contributed by atoms with Gasteiger partial charge >= 0.3 is 0 Å². The van der Waals surface area contributed by atoms with Gasteiger partial charge in [0.2, 0.25) is 5.75 Å². The Hall–Kier alpha value is -3.52. The van der Waals surface area contributed by atoms with Crippen molar-refractivity contribution in [1.82, 2.24) is 25.6 Å². The van der Waals surface area contributed by atoms with Crippen molar-refractivity contribution in [3.63, 3.8) is 0 Å². The minimum Gasteiger partial charge on any atom is -0.501 e. The van der Waals surface area contributed by atoms with E-state index in [4.69, 9.17) is 0 Å². The number of H-pyrrole nitrogens is 1. The molecule has 1 atom stereocenters. The first-order valence-electron chi connectivity index (χ1n) is 11.9. The first-order chi connectivity index (χ1) is 16.5. The van der Waals surface area contributed by atoms with Crippen molar-refractivity contribution in [3.05, 3.63) is 75.8 Å². The van der Waals surface area contributed by atoms with Gasteiger partial charge in [-0.05, 0) is 48.9 Å². The lowest BCUT2D eigenvalue weighted by atomic mass is 9.84. The lowest BCUT2D eigenvalue weighted by Gasteiger charge is -2.28. The second kappa shape index (κ2) is 11.1. The third-order valence-electron chi connectivity index (χ3n) is 6.39. The van der Waals surface area contributed by atoms with Crippen molar-refractivity contribution < 1.29 is 9.90 Å². The highest BCUT2D eigenvalue weighted by molar-refractivity contribution is 5.95. The molecule has 1 amide bonds. The Morgan fingerprint density at radius 2 is 1.85 bits per heavy atom. The van der Waals surface area contributed by atoms with Crippen LogP contribution in [0, 0.1) is 5.92 Å². The second-order valence-corrected chi connectivity index (χ2v) is 8.91. The molecule has 0 aliphatic heterocycles. The molecular formula is C26H31N5O3. The summed E-state index contributed by atoms with van der Waals surface area (Å²) in [7, 11) is 0. The van der Waals surface area contributed by atoms with Crippen LogP contribution in [-0.4, -0.2) is 32.0 Å². The molecule has 2 aromatic heterocycles. The molecule has 2 heterocycles. The van der Waals surface area contributed by atoms with Gasteiger partial charge in [-0.15, -0.1) is 0 Å². The average Bonchev–Trinajstić information content (AvgIpc) is 2.87. The zero-order valence-corrected chi connectivity index (χ0v) is 19.4. The fourth-order valence-corrected chi connectivity index (χ4v) is 4.43. The van der Waals surface area contributed by atoms with Crippen molar-refractivity contribution in [1.29, 1.82) is 0 Å². The molecule has 34 heavy (non-hydrogen) atoms. The van der Waals surface area contributed by atoms with Crippen LogP contribution in [0.25, 0.3) is 11.5 Å². The molecule has 1 aromatic carbocycles. The summed E-state index contributed by atoms with van der Waals surface area (Å²) in [4.78, 5) is 36.4. The SMILES string of the molecule is C[C@@H](NC(=O)c1nc(-c2cc(CNCc3ccccc3)ccn2)[nH]c(=O)c1O)C1CCCCC1. The number of benzene rings is 1. The van der Waals surface area contributed by atoms with Gasteiger partial charge in [0.25, 0.3) is 11.5 Å². The molecule has 1 saturated carbocycles. The van der Waals surface area contributed by atoms with E-state index in [0.717, 1.165) is 37.8 Å². The number of nitrogens with one attached hydrogen (secondary N) is 3. The Morgan fingerprint density at radius 3 is 2.62 bits per heavy atom. The van der Waals surface area contributed by atoms with E-state index in [0.29, 0.717) is 18.2 Å². The van der Waals surface area contributed by atoms with Gasteiger partial charge in [-0.3, -0.25) is 14.6 Å². The number of carbonyl (C=O) groups is 1. The molecule has 0 bridgehead atoms. The lowest BCUT2D eigenvalue weighted by molar-refractivity contribution is 0.0911. The molecule has 1 aliphatic carbocycles. The van der Waals surface area contributed by atoms with Crippen LogP contribution in [0.4, 0.5) is 0 Å². The number of pyridine rings is 1. The zero-order valence-electron chi connectivity index (χ0n) is 19.4. The van der Waals surface area contributed by atoms with Crippen LogP contribution in [0.2, 0.25) is 0 Å². The van der Waals surface area contributed by atoms with Crippen LogP contribution < -0.4 is 16.2 Å². The maximum Gasteiger partial charge on any atom is 0.294 e. The standard InChI is InChI=1S/C26H31N5O3/c1-17(20-10-6-3-7-11-20)29-25(33)22-23(32)26(34)31-24(30-22)21-14-19(12-13-28-21)16-27-15-18-8-4-2-5-9-18/h2,4-5,8-9,12-14,17,20,27,32H,3,6-7,10-11,15-16H2,1H3,(H,29,33)(H,30,31,34)/t17-/m1/s1. The highest BCUT2D eigenvalue weighted by Crippen LogP contribution is 2.26. The van der Waals surface area contributed by atoms with Crippen LogP contribution in [-0.2, 0) is 13.1 Å². The highest BCUT2D eigenvalue weighted by atomic mass is 16.3. The summed E-state index contributed by atoms with van der Waals surface area (Å²) in [5, 5.41) is 16.5. The van der Waals surface area contributed by atoms with E-state index < -0.39 is 17.2 Å². The molecule has 0 radical (unpaired) electrons. The minimum atomic E-state index is -0.769. The quantitative estimate of drug-likeness (QED) is 0.407. The number of aromatic hydroxyl groups is 1. The number of hydrogen-bond acceptors (Lipinski definition) is 6. The van der Waals surface area contributed by atoms with Crippen LogP contribution in [0.1, 0.15) is 60.6 Å². The van der Waals surface area contributed by atoms with E-state index in [9.17, 15) is 14.7 Å². The zero-order chi connectivity index (χ0) is 23.9. The highest BCUT2D eigenvalue weighted by Gasteiger charge is 2.25. The van der Waals surface area contributed by atoms with Gasteiger partial charge in [0.05, 0.1) is 0 Å². The van der Waals surface area contributed by atoms with Crippen molar-refractivity contribution in [2.24, 2.45) is 5.92 Å². The van der Waals surface area contributed by atoms with E-state index in [1.807, 2.05) is 31.2 Å². The molecule has 4 N–H and O–H groups in total. The molecule has 8 heteroatoms. The van der Waals surface area contributed by atoms with Gasteiger partial charge in [0.15, 0.2) is 11.5 Å². The smallest absolute Gasteiger partial charge is 0.294 e. The lowest BCUT2D eigenvalue weighted by Crippen LogP contribution is -2.39. The van der Waals surface area contributed by atoms with Crippen molar-refractivity contribution >= 4 is 5.91 Å². The third-order valence-corrected chi connectivity index (χ3v) is 6.39. The maximum absolute atomic E-state index is 12.9. The summed E-state index contributed by atoms with van der Waals surface area (Å²) in [5.41, 5.74) is 1.50. The summed E-state index contributed by atoms with van der Waals surface area (Å²) in [6, 6.07) is 13.7. The summed E-state index contributed by atoms with van der Waals surface area (Å²) in [6.45, 7) is 3.28. The Balaban J connectivity index is 1.48. The summed E-state index contributed by atoms with van der Waals surface area (Å²) in [6.07, 6.45) is 7.31. The number of nitrogens with zero attached hydrogens (tertiary/aromatic N) is 2. The largest absolute Gasteiger partial charge is 0.501 e. The van der Waals surface area contributed by atoms with Crippen molar-refractivity contribution in [2.75, 3.05) is 0 Å². The van der Waals surface area contributed by atoms with Crippen molar-refractivity contribution in [2.45, 2.75) is 58.2 Å². The van der Waals surface area contributed by atoms with E-state index >= 15 is 0 Å². The molecule has 0 unspecified atom stereocenters. The summed E-state index contributed by atoms with van der Waals surface area (Å²) >= 11 is 0. The van der Waals surface area contributed by atoms with Crippen LogP contribution >= 0.6 is 0 Å². The van der Waals surface area contributed by atoms with Gasteiger partial charge in [0.1, 0.15) is 5.69 Å². The Bertz CT molecular complexity index is 1170. The topological polar surface area (TPSA) is 120 Å². The monoisotopic (exact) mass is 461 g/mol. The molecule has 3 aromatic rings. The first-order valence-corrected chi connectivity index (χ1v) is 11.9. The van der Waals surface area contributed by atoms with E-state index in [1.54, 1.807) is 12.3 Å². The number of aromatic nitrogens is 3. The van der Waals surface area contributed by atoms with Crippen molar-refractivity contribution in [3.8, 4) is 17.3 Å². The molecule has 0 saturated heterocycles. The van der Waals surface area contributed by atoms with Gasteiger partial charge in [-0.2, -0.15) is 0 Å². The predicted molar refractivity (Wildman–Crippen MR) is 130 cm³/mol. The maximum atomic E-state index is 12.9. The van der Waals surface area contributed by atoms with Crippen LogP contribution in [0.3, 0.4) is 0 Å². The third kappa shape index (κ3) is 5.88. The van der Waals surface area contributed by atoms with E-state index in [2.05, 4.69) is 37.7 Å². The molecule has 1 aliphatic rings. The van der Waals surface area contributed by atoms with Crippen LogP contribution in [0.5, 0.6) is 5.75 Å². The second-order valence-electron chi connectivity index (χ2n) is 8.91. The molecule has 4 rings (SSSR count). The minimum absolute atomic E-state index is 0.0612. The normalized spacial score (nSPS) is 15.1. The van der Waals surface area contributed by atoms with Gasteiger partial charge in [-0.25, -0.2) is 4.98 Å². The Morgan fingerprint density at radius 1 is 1.12 bits per heavy atom. The predicted octanol–water partition coefficient (Wildman–Crippen LogP) is 3.53. The number of rotatable bonds is 8. The molecular weight excluding hydrogens is 430 g/mol. The van der Waals surface area contributed by atoms with Crippen LogP contribution in [0.15, 0.2) is 53.5 Å². The molecule has 178 valence electrons. The fourth-order valence-electron chi connectivity index (χ4n) is 4.43. The van der Waals surface area contributed by atoms with Gasteiger partial charge in [0, 0.05) is 25.3 Å². The summed E-state index contributed by atoms with van der Waals surface area (Å²) < 4.78 is 0. The fraction of sp³-hybridized carbons (Fsp3) is 0.385. The number of carbonyl (C=O) groups excluding carboxylic acids is 1. The van der Waals surface area contributed by atoms with E-state index in [1.165, 1.54) is 12.0 Å². The first kappa shape index (κ1) is 23.6. The Kier molecular flexibility index (Phi) is 7.69. The number of aromatic amines is 1. The molecule has 8 nitrogen and oxygen atoms in total. The molecule has 1 fully saturated rings. The average molecular weight is 462 g/mol. The number of hydrogen-bond donors (Lipinski definition) is 4. The Labute approximate surface area is 198 Å². The number of amides is 1. The molecule has 0 spiro atoms. The van der Waals surface area contributed by atoms with E-state index in [-0.39, 0.29) is 17.6 Å². The van der Waals surface area contributed by atoms with Gasteiger partial charge < -0.3 is 20.7 Å². The van der Waals surface area contributed by atoms with Gasteiger partial charge in [-0.1, -0.05) is 49.6 Å². The summed E-state index contributed by atoms with van der Waals surface area (Å²) in [5.74, 6) is -0.701.